The average molecular weight is 254 g/mol. The first-order chi connectivity index (χ1) is 8.39. The van der Waals surface area contributed by atoms with Crippen LogP contribution >= 0.6 is 0 Å². The van der Waals surface area contributed by atoms with Crippen LogP contribution in [-0.4, -0.2) is 37.1 Å². The Morgan fingerprint density at radius 1 is 1.22 bits per heavy atom. The topological polar surface area (TPSA) is 15.3 Å². The number of nitrogens with zero attached hydrogens (tertiary/aromatic N) is 1. The molecular weight excluding hydrogens is 220 g/mol. The van der Waals surface area contributed by atoms with E-state index in [-0.39, 0.29) is 0 Å². The molecule has 0 aromatic rings. The number of hydrogen-bond donors (Lipinski definition) is 1. The molecule has 1 unspecified atom stereocenters. The van der Waals surface area contributed by atoms with E-state index in [2.05, 4.69) is 44.8 Å². The summed E-state index contributed by atoms with van der Waals surface area (Å²) in [6, 6.07) is 0.644. The minimum absolute atomic E-state index is 0.376. The SMILES string of the molecule is CC(C)CCCCN1CCCNC(C(C)(C)C)C1. The van der Waals surface area contributed by atoms with E-state index >= 15 is 0 Å². The summed E-state index contributed by atoms with van der Waals surface area (Å²) in [4.78, 5) is 2.68. The van der Waals surface area contributed by atoms with Crippen molar-refractivity contribution in [1.29, 1.82) is 0 Å². The summed E-state index contributed by atoms with van der Waals surface area (Å²) in [5.74, 6) is 0.859. The van der Waals surface area contributed by atoms with E-state index in [1.165, 1.54) is 51.9 Å². The molecule has 0 aromatic carbocycles. The zero-order chi connectivity index (χ0) is 13.6. The second kappa shape index (κ2) is 7.49. The van der Waals surface area contributed by atoms with Gasteiger partial charge in [-0.05, 0) is 43.8 Å². The highest BCUT2D eigenvalue weighted by Crippen LogP contribution is 2.21. The largest absolute Gasteiger partial charge is 0.312 e. The molecule has 18 heavy (non-hydrogen) atoms. The number of nitrogens with one attached hydrogen (secondary N) is 1. The average Bonchev–Trinajstić information content (AvgIpc) is 2.48. The predicted octanol–water partition coefficient (Wildman–Crippen LogP) is 3.52. The van der Waals surface area contributed by atoms with Crippen molar-refractivity contribution in [2.75, 3.05) is 26.2 Å². The van der Waals surface area contributed by atoms with Gasteiger partial charge in [0.05, 0.1) is 0 Å². The molecule has 0 radical (unpaired) electrons. The first-order valence-electron chi connectivity index (χ1n) is 7.85. The van der Waals surface area contributed by atoms with Crippen molar-refractivity contribution in [2.24, 2.45) is 11.3 Å². The summed E-state index contributed by atoms with van der Waals surface area (Å²) in [6.07, 6.45) is 5.45. The number of unbranched alkanes of at least 4 members (excludes halogenated alkanes) is 1. The predicted molar refractivity (Wildman–Crippen MR) is 81.0 cm³/mol. The van der Waals surface area contributed by atoms with Crippen LogP contribution in [0.15, 0.2) is 0 Å². The van der Waals surface area contributed by atoms with Crippen LogP contribution in [0.4, 0.5) is 0 Å². The first-order valence-corrected chi connectivity index (χ1v) is 7.85. The van der Waals surface area contributed by atoms with Gasteiger partial charge in [-0.15, -0.1) is 0 Å². The fraction of sp³-hybridized carbons (Fsp3) is 1.00. The monoisotopic (exact) mass is 254 g/mol. The first kappa shape index (κ1) is 16.0. The molecule has 1 rings (SSSR count). The van der Waals surface area contributed by atoms with Crippen molar-refractivity contribution < 1.29 is 0 Å². The molecule has 0 spiro atoms. The lowest BCUT2D eigenvalue weighted by Crippen LogP contribution is -2.46. The molecule has 1 fully saturated rings. The molecule has 1 aliphatic heterocycles. The van der Waals surface area contributed by atoms with Crippen LogP contribution in [0.5, 0.6) is 0 Å². The zero-order valence-electron chi connectivity index (χ0n) is 13.3. The van der Waals surface area contributed by atoms with Gasteiger partial charge in [0.2, 0.25) is 0 Å². The molecule has 108 valence electrons. The highest BCUT2D eigenvalue weighted by Gasteiger charge is 2.27. The van der Waals surface area contributed by atoms with Gasteiger partial charge in [0.15, 0.2) is 0 Å². The van der Waals surface area contributed by atoms with Crippen LogP contribution in [0.2, 0.25) is 0 Å². The Balaban J connectivity index is 2.31. The van der Waals surface area contributed by atoms with Crippen LogP contribution in [0.3, 0.4) is 0 Å². The second-order valence-corrected chi connectivity index (χ2v) is 7.42. The van der Waals surface area contributed by atoms with Crippen molar-refractivity contribution >= 4 is 0 Å². The van der Waals surface area contributed by atoms with Gasteiger partial charge in [-0.2, -0.15) is 0 Å². The van der Waals surface area contributed by atoms with E-state index in [0.29, 0.717) is 11.5 Å². The van der Waals surface area contributed by atoms with E-state index in [0.717, 1.165) is 5.92 Å². The molecule has 1 saturated heterocycles. The van der Waals surface area contributed by atoms with E-state index in [4.69, 9.17) is 0 Å². The molecule has 1 aliphatic rings. The third-order valence-corrected chi connectivity index (χ3v) is 4.03. The van der Waals surface area contributed by atoms with Gasteiger partial charge in [0.1, 0.15) is 0 Å². The second-order valence-electron chi connectivity index (χ2n) is 7.42. The quantitative estimate of drug-likeness (QED) is 0.755. The molecule has 1 atom stereocenters. The Bertz CT molecular complexity index is 218. The van der Waals surface area contributed by atoms with Crippen LogP contribution in [0, 0.1) is 11.3 Å². The molecule has 0 amide bonds. The maximum absolute atomic E-state index is 3.72. The Labute approximate surface area is 115 Å². The Kier molecular flexibility index (Phi) is 6.65. The van der Waals surface area contributed by atoms with Gasteiger partial charge in [-0.25, -0.2) is 0 Å². The Hall–Kier alpha value is -0.0800. The lowest BCUT2D eigenvalue weighted by molar-refractivity contribution is 0.194. The van der Waals surface area contributed by atoms with E-state index < -0.39 is 0 Å². The summed E-state index contributed by atoms with van der Waals surface area (Å²) in [7, 11) is 0. The van der Waals surface area contributed by atoms with Gasteiger partial charge in [0.25, 0.3) is 0 Å². The van der Waals surface area contributed by atoms with E-state index in [1.54, 1.807) is 0 Å². The van der Waals surface area contributed by atoms with E-state index in [9.17, 15) is 0 Å². The summed E-state index contributed by atoms with van der Waals surface area (Å²) in [6.45, 7) is 16.7. The van der Waals surface area contributed by atoms with Crippen molar-refractivity contribution in [3.63, 3.8) is 0 Å². The molecular formula is C16H34N2. The lowest BCUT2D eigenvalue weighted by Gasteiger charge is -2.33. The van der Waals surface area contributed by atoms with Crippen LogP contribution in [0.25, 0.3) is 0 Å². The molecule has 0 aliphatic carbocycles. The van der Waals surface area contributed by atoms with Crippen molar-refractivity contribution in [2.45, 2.75) is 66.3 Å². The van der Waals surface area contributed by atoms with Gasteiger partial charge in [-0.3, -0.25) is 0 Å². The minimum atomic E-state index is 0.376. The summed E-state index contributed by atoms with van der Waals surface area (Å²) in [5, 5.41) is 3.72. The van der Waals surface area contributed by atoms with Crippen LogP contribution < -0.4 is 5.32 Å². The highest BCUT2D eigenvalue weighted by molar-refractivity contribution is 4.85. The van der Waals surface area contributed by atoms with Gasteiger partial charge in [0, 0.05) is 12.6 Å². The fourth-order valence-corrected chi connectivity index (χ4v) is 2.66. The van der Waals surface area contributed by atoms with Gasteiger partial charge in [-0.1, -0.05) is 47.5 Å². The van der Waals surface area contributed by atoms with Crippen LogP contribution in [0.1, 0.15) is 60.3 Å². The van der Waals surface area contributed by atoms with Gasteiger partial charge < -0.3 is 10.2 Å². The van der Waals surface area contributed by atoms with Gasteiger partial charge >= 0.3 is 0 Å². The summed E-state index contributed by atoms with van der Waals surface area (Å²) >= 11 is 0. The van der Waals surface area contributed by atoms with E-state index in [1.807, 2.05) is 0 Å². The smallest absolute Gasteiger partial charge is 0.0243 e. The molecule has 0 saturated carbocycles. The number of rotatable bonds is 5. The summed E-state index contributed by atoms with van der Waals surface area (Å²) in [5.41, 5.74) is 0.376. The zero-order valence-corrected chi connectivity index (χ0v) is 13.3. The minimum Gasteiger partial charge on any atom is -0.312 e. The molecule has 2 nitrogen and oxygen atoms in total. The number of hydrogen-bond acceptors (Lipinski definition) is 2. The molecule has 0 aromatic heterocycles. The maximum atomic E-state index is 3.72. The molecule has 1 N–H and O–H groups in total. The third kappa shape index (κ3) is 6.19. The van der Waals surface area contributed by atoms with Crippen molar-refractivity contribution in [3.8, 4) is 0 Å². The normalized spacial score (nSPS) is 23.3. The Morgan fingerprint density at radius 3 is 2.56 bits per heavy atom. The van der Waals surface area contributed by atoms with Crippen molar-refractivity contribution in [1.82, 2.24) is 10.2 Å². The highest BCUT2D eigenvalue weighted by atomic mass is 15.2. The maximum Gasteiger partial charge on any atom is 0.0243 e. The molecule has 2 heteroatoms. The molecule has 1 heterocycles. The standard InChI is InChI=1S/C16H34N2/c1-14(2)9-6-7-11-18-12-8-10-17-15(13-18)16(3,4)5/h14-15,17H,6-13H2,1-5H3. The lowest BCUT2D eigenvalue weighted by atomic mass is 9.86. The Morgan fingerprint density at radius 2 is 1.94 bits per heavy atom. The fourth-order valence-electron chi connectivity index (χ4n) is 2.66. The van der Waals surface area contributed by atoms with Crippen molar-refractivity contribution in [3.05, 3.63) is 0 Å². The molecule has 0 bridgehead atoms. The summed E-state index contributed by atoms with van der Waals surface area (Å²) < 4.78 is 0. The third-order valence-electron chi connectivity index (χ3n) is 4.03. The van der Waals surface area contributed by atoms with Crippen LogP contribution in [-0.2, 0) is 0 Å².